The van der Waals surface area contributed by atoms with Crippen LogP contribution >= 0.6 is 0 Å². The number of carbonyl (C=O) groups is 1. The van der Waals surface area contributed by atoms with Gasteiger partial charge in [0.1, 0.15) is 0 Å². The quantitative estimate of drug-likeness (QED) is 0.658. The molecule has 14 heavy (non-hydrogen) atoms. The Balaban J connectivity index is 2.04. The van der Waals surface area contributed by atoms with Gasteiger partial charge < -0.3 is 10.6 Å². The molecule has 1 amide bonds. The SMILES string of the molecule is CCCCCCCN1CC(N)CC1=O. The van der Waals surface area contributed by atoms with Crippen LogP contribution in [0.15, 0.2) is 0 Å². The van der Waals surface area contributed by atoms with Gasteiger partial charge in [0.05, 0.1) is 0 Å². The van der Waals surface area contributed by atoms with E-state index in [4.69, 9.17) is 5.73 Å². The summed E-state index contributed by atoms with van der Waals surface area (Å²) in [5, 5.41) is 0. The number of likely N-dealkylation sites (tertiary alicyclic amines) is 1. The molecule has 0 aromatic rings. The lowest BCUT2D eigenvalue weighted by atomic mass is 10.1. The first-order valence-electron chi connectivity index (χ1n) is 5.77. The molecule has 1 rings (SSSR count). The number of nitrogens with two attached hydrogens (primary N) is 1. The van der Waals surface area contributed by atoms with E-state index in [1.807, 2.05) is 4.90 Å². The Morgan fingerprint density at radius 2 is 2.07 bits per heavy atom. The summed E-state index contributed by atoms with van der Waals surface area (Å²) in [5.41, 5.74) is 5.70. The Morgan fingerprint density at radius 3 is 2.64 bits per heavy atom. The fourth-order valence-electron chi connectivity index (χ4n) is 1.93. The molecule has 0 aromatic carbocycles. The number of hydrogen-bond acceptors (Lipinski definition) is 2. The van der Waals surface area contributed by atoms with Crippen molar-refractivity contribution in [3.8, 4) is 0 Å². The number of unbranched alkanes of at least 4 members (excludes halogenated alkanes) is 4. The topological polar surface area (TPSA) is 46.3 Å². The second-order valence-corrected chi connectivity index (χ2v) is 4.22. The second-order valence-electron chi connectivity index (χ2n) is 4.22. The predicted octanol–water partition coefficient (Wildman–Crippen LogP) is 1.52. The van der Waals surface area contributed by atoms with Gasteiger partial charge in [-0.25, -0.2) is 0 Å². The van der Waals surface area contributed by atoms with E-state index in [9.17, 15) is 4.79 Å². The molecule has 0 saturated carbocycles. The average molecular weight is 198 g/mol. The van der Waals surface area contributed by atoms with Gasteiger partial charge >= 0.3 is 0 Å². The summed E-state index contributed by atoms with van der Waals surface area (Å²) in [7, 11) is 0. The van der Waals surface area contributed by atoms with Gasteiger partial charge in [0.2, 0.25) is 5.91 Å². The molecular formula is C11H22N2O. The van der Waals surface area contributed by atoms with Gasteiger partial charge in [0, 0.05) is 25.6 Å². The van der Waals surface area contributed by atoms with E-state index in [2.05, 4.69) is 6.92 Å². The minimum absolute atomic E-state index is 0.0816. The van der Waals surface area contributed by atoms with E-state index in [0.29, 0.717) is 6.42 Å². The van der Waals surface area contributed by atoms with Crippen molar-refractivity contribution in [1.82, 2.24) is 4.90 Å². The third-order valence-electron chi connectivity index (χ3n) is 2.78. The Hall–Kier alpha value is -0.570. The summed E-state index contributed by atoms with van der Waals surface area (Å²) in [4.78, 5) is 13.3. The van der Waals surface area contributed by atoms with Crippen molar-refractivity contribution in [2.75, 3.05) is 13.1 Å². The molecule has 1 saturated heterocycles. The Morgan fingerprint density at radius 1 is 1.36 bits per heavy atom. The van der Waals surface area contributed by atoms with Crippen LogP contribution in [0.4, 0.5) is 0 Å². The number of carbonyl (C=O) groups excluding carboxylic acids is 1. The van der Waals surface area contributed by atoms with Crippen LogP contribution < -0.4 is 5.73 Å². The maximum atomic E-state index is 11.4. The first-order chi connectivity index (χ1) is 6.74. The summed E-state index contributed by atoms with van der Waals surface area (Å²) in [5.74, 6) is 0.244. The van der Waals surface area contributed by atoms with Gasteiger partial charge in [-0.15, -0.1) is 0 Å². The van der Waals surface area contributed by atoms with Gasteiger partial charge in [-0.1, -0.05) is 32.6 Å². The lowest BCUT2D eigenvalue weighted by Gasteiger charge is -2.15. The molecule has 0 bridgehead atoms. The molecular weight excluding hydrogens is 176 g/mol. The third kappa shape index (κ3) is 3.66. The molecule has 0 aliphatic carbocycles. The first kappa shape index (κ1) is 11.5. The molecule has 1 heterocycles. The molecule has 2 N–H and O–H groups in total. The van der Waals surface area contributed by atoms with E-state index < -0.39 is 0 Å². The molecule has 0 aromatic heterocycles. The van der Waals surface area contributed by atoms with Crippen LogP contribution in [0.3, 0.4) is 0 Å². The van der Waals surface area contributed by atoms with Gasteiger partial charge in [-0.05, 0) is 6.42 Å². The maximum absolute atomic E-state index is 11.4. The van der Waals surface area contributed by atoms with Crippen LogP contribution in [-0.4, -0.2) is 29.9 Å². The van der Waals surface area contributed by atoms with Crippen molar-refractivity contribution in [2.24, 2.45) is 5.73 Å². The van der Waals surface area contributed by atoms with Gasteiger partial charge in [0.15, 0.2) is 0 Å². The summed E-state index contributed by atoms with van der Waals surface area (Å²) in [6.07, 6.45) is 6.81. The lowest BCUT2D eigenvalue weighted by Crippen LogP contribution is -2.29. The van der Waals surface area contributed by atoms with E-state index in [1.54, 1.807) is 0 Å². The molecule has 0 spiro atoms. The van der Waals surface area contributed by atoms with E-state index >= 15 is 0 Å². The average Bonchev–Trinajstić information content (AvgIpc) is 2.45. The molecule has 1 atom stereocenters. The van der Waals surface area contributed by atoms with Crippen LogP contribution in [0.1, 0.15) is 45.4 Å². The van der Waals surface area contributed by atoms with E-state index in [0.717, 1.165) is 19.5 Å². The molecule has 1 aliphatic heterocycles. The number of nitrogens with zero attached hydrogens (tertiary/aromatic N) is 1. The van der Waals surface area contributed by atoms with Crippen molar-refractivity contribution >= 4 is 5.91 Å². The zero-order valence-electron chi connectivity index (χ0n) is 9.17. The number of amides is 1. The Labute approximate surface area is 86.6 Å². The highest BCUT2D eigenvalue weighted by Crippen LogP contribution is 2.11. The zero-order valence-corrected chi connectivity index (χ0v) is 9.17. The predicted molar refractivity (Wildman–Crippen MR) is 57.9 cm³/mol. The van der Waals surface area contributed by atoms with Gasteiger partial charge in [0.25, 0.3) is 0 Å². The lowest BCUT2D eigenvalue weighted by molar-refractivity contribution is -0.127. The van der Waals surface area contributed by atoms with Crippen LogP contribution in [0, 0.1) is 0 Å². The zero-order chi connectivity index (χ0) is 10.4. The molecule has 3 heteroatoms. The monoisotopic (exact) mass is 198 g/mol. The fourth-order valence-corrected chi connectivity index (χ4v) is 1.93. The molecule has 1 unspecified atom stereocenters. The van der Waals surface area contributed by atoms with Crippen molar-refractivity contribution in [3.63, 3.8) is 0 Å². The summed E-state index contributed by atoms with van der Waals surface area (Å²) in [6, 6.07) is 0.0816. The Bertz CT molecular complexity index is 182. The van der Waals surface area contributed by atoms with Crippen molar-refractivity contribution in [3.05, 3.63) is 0 Å². The largest absolute Gasteiger partial charge is 0.341 e. The standard InChI is InChI=1S/C11H22N2O/c1-2-3-4-5-6-7-13-9-10(12)8-11(13)14/h10H,2-9,12H2,1H3. The Kier molecular flexibility index (Phi) is 4.94. The number of hydrogen-bond donors (Lipinski definition) is 1. The smallest absolute Gasteiger partial charge is 0.224 e. The molecule has 3 nitrogen and oxygen atoms in total. The fraction of sp³-hybridized carbons (Fsp3) is 0.909. The van der Waals surface area contributed by atoms with Gasteiger partial charge in [-0.2, -0.15) is 0 Å². The normalized spacial score (nSPS) is 22.0. The van der Waals surface area contributed by atoms with Crippen molar-refractivity contribution in [2.45, 2.75) is 51.5 Å². The van der Waals surface area contributed by atoms with Crippen LogP contribution in [-0.2, 0) is 4.79 Å². The highest BCUT2D eigenvalue weighted by Gasteiger charge is 2.25. The van der Waals surface area contributed by atoms with E-state index in [-0.39, 0.29) is 11.9 Å². The first-order valence-corrected chi connectivity index (χ1v) is 5.77. The second kappa shape index (κ2) is 6.02. The van der Waals surface area contributed by atoms with Crippen LogP contribution in [0.25, 0.3) is 0 Å². The highest BCUT2D eigenvalue weighted by molar-refractivity contribution is 5.79. The summed E-state index contributed by atoms with van der Waals surface area (Å²) >= 11 is 0. The van der Waals surface area contributed by atoms with Crippen LogP contribution in [0.5, 0.6) is 0 Å². The van der Waals surface area contributed by atoms with Gasteiger partial charge in [-0.3, -0.25) is 4.79 Å². The molecule has 82 valence electrons. The molecule has 1 fully saturated rings. The minimum Gasteiger partial charge on any atom is -0.341 e. The highest BCUT2D eigenvalue weighted by atomic mass is 16.2. The maximum Gasteiger partial charge on any atom is 0.224 e. The third-order valence-corrected chi connectivity index (χ3v) is 2.78. The summed E-state index contributed by atoms with van der Waals surface area (Å²) in [6.45, 7) is 3.89. The van der Waals surface area contributed by atoms with Crippen molar-refractivity contribution in [1.29, 1.82) is 0 Å². The minimum atomic E-state index is 0.0816. The van der Waals surface area contributed by atoms with Crippen molar-refractivity contribution < 1.29 is 4.79 Å². The van der Waals surface area contributed by atoms with Crippen LogP contribution in [0.2, 0.25) is 0 Å². The molecule has 1 aliphatic rings. The number of rotatable bonds is 6. The van der Waals surface area contributed by atoms with E-state index in [1.165, 1.54) is 25.7 Å². The molecule has 0 radical (unpaired) electrons. The summed E-state index contributed by atoms with van der Waals surface area (Å²) < 4.78 is 0.